The summed E-state index contributed by atoms with van der Waals surface area (Å²) in [4.78, 5) is 25.8. The van der Waals surface area contributed by atoms with E-state index in [2.05, 4.69) is 21.1 Å². The molecule has 0 saturated carbocycles. The van der Waals surface area contributed by atoms with Crippen molar-refractivity contribution in [2.24, 2.45) is 10.2 Å². The molecular weight excluding hydrogens is 535 g/mol. The maximum atomic E-state index is 12.5. The van der Waals surface area contributed by atoms with Crippen LogP contribution in [0.2, 0.25) is 10.0 Å². The lowest BCUT2D eigenvalue weighted by Crippen LogP contribution is -2.16. The predicted molar refractivity (Wildman–Crippen MR) is 150 cm³/mol. The molecule has 0 aliphatic carbocycles. The van der Waals surface area contributed by atoms with Crippen LogP contribution in [-0.2, 0) is 0 Å². The lowest BCUT2D eigenvalue weighted by atomic mass is 10.2. The molecule has 0 unspecified atom stereocenters. The van der Waals surface area contributed by atoms with Gasteiger partial charge in [-0.05, 0) is 23.3 Å². The first-order valence-corrected chi connectivity index (χ1v) is 13.0. The van der Waals surface area contributed by atoms with Crippen LogP contribution in [0.1, 0.15) is 30.5 Å². The predicted octanol–water partition coefficient (Wildman–Crippen LogP) is 6.95. The molecule has 0 radical (unpaired) electrons. The minimum Gasteiger partial charge on any atom is -0.266 e. The second-order valence-corrected chi connectivity index (χ2v) is 10.4. The number of hydrazone groups is 2. The van der Waals surface area contributed by atoms with Gasteiger partial charge in [0.05, 0.1) is 22.5 Å². The van der Waals surface area contributed by atoms with E-state index in [-0.39, 0.29) is 11.8 Å². The summed E-state index contributed by atoms with van der Waals surface area (Å²) in [5.41, 5.74) is 6.57. The minimum absolute atomic E-state index is 0.365. The van der Waals surface area contributed by atoms with Crippen LogP contribution in [-0.4, -0.2) is 24.2 Å². The summed E-state index contributed by atoms with van der Waals surface area (Å²) in [7, 11) is 0. The second kappa shape index (κ2) is 10.6. The third kappa shape index (κ3) is 5.03. The Morgan fingerprint density at radius 1 is 0.639 bits per heavy atom. The largest absolute Gasteiger partial charge is 0.283 e. The van der Waals surface area contributed by atoms with E-state index < -0.39 is 0 Å². The van der Waals surface area contributed by atoms with Crippen molar-refractivity contribution in [3.05, 3.63) is 104 Å². The molecule has 178 valence electrons. The third-order valence-electron chi connectivity index (χ3n) is 5.18. The van der Waals surface area contributed by atoms with Gasteiger partial charge in [0.2, 0.25) is 0 Å². The number of carbonyl (C=O) groups is 2. The minimum atomic E-state index is -0.365. The van der Waals surface area contributed by atoms with Crippen molar-refractivity contribution in [3.8, 4) is 0 Å². The van der Waals surface area contributed by atoms with E-state index >= 15 is 0 Å². The summed E-state index contributed by atoms with van der Waals surface area (Å²) >= 11 is 15.3. The first kappa shape index (κ1) is 24.1. The zero-order valence-corrected chi connectivity index (χ0v) is 21.5. The first-order valence-electron chi connectivity index (χ1n) is 10.6. The van der Waals surface area contributed by atoms with Crippen LogP contribution < -0.4 is 10.9 Å². The van der Waals surface area contributed by atoms with Gasteiger partial charge >= 0.3 is 0 Å². The van der Waals surface area contributed by atoms with E-state index in [0.29, 0.717) is 19.8 Å². The summed E-state index contributed by atoms with van der Waals surface area (Å²) in [6, 6.07) is 22.4. The van der Waals surface area contributed by atoms with Crippen LogP contribution in [0.15, 0.2) is 83.0 Å². The van der Waals surface area contributed by atoms with Crippen LogP contribution in [0.4, 0.5) is 0 Å². The Labute approximate surface area is 223 Å². The van der Waals surface area contributed by atoms with Gasteiger partial charge < -0.3 is 0 Å². The number of amides is 2. The standard InChI is InChI=1S/C26H16Cl2N4O2S2/c27-21-17-5-1-3-7-19(17)35-23(21)25(33)31-29-13-15-9-11-16(12-10-15)14-30-32-26(34)24-22(28)18-6-2-4-8-20(18)36-24/h1-14H,(H,31,33)(H,32,34)/b29-13-,30-14-. The van der Waals surface area contributed by atoms with E-state index in [4.69, 9.17) is 23.2 Å². The van der Waals surface area contributed by atoms with Crippen molar-refractivity contribution < 1.29 is 9.59 Å². The summed E-state index contributed by atoms with van der Waals surface area (Å²) in [6.07, 6.45) is 3.07. The maximum Gasteiger partial charge on any atom is 0.283 e. The highest BCUT2D eigenvalue weighted by atomic mass is 35.5. The average Bonchev–Trinajstić information content (AvgIpc) is 3.42. The fraction of sp³-hybridized carbons (Fsp3) is 0. The van der Waals surface area contributed by atoms with Crippen molar-refractivity contribution in [2.75, 3.05) is 0 Å². The number of carbonyl (C=O) groups excluding carboxylic acids is 2. The zero-order chi connectivity index (χ0) is 25.1. The monoisotopic (exact) mass is 550 g/mol. The number of fused-ring (bicyclic) bond motifs is 2. The molecular formula is C26H16Cl2N4O2S2. The Kier molecular flexibility index (Phi) is 7.11. The number of benzene rings is 3. The van der Waals surface area contributed by atoms with Gasteiger partial charge in [-0.3, -0.25) is 9.59 Å². The Morgan fingerprint density at radius 2 is 1.03 bits per heavy atom. The molecule has 2 N–H and O–H groups in total. The molecule has 2 amide bonds. The molecule has 36 heavy (non-hydrogen) atoms. The fourth-order valence-corrected chi connectivity index (χ4v) is 6.23. The topological polar surface area (TPSA) is 82.9 Å². The molecule has 0 aliphatic rings. The van der Waals surface area contributed by atoms with Crippen LogP contribution in [0.5, 0.6) is 0 Å². The van der Waals surface area contributed by atoms with E-state index in [1.54, 1.807) is 0 Å². The molecule has 0 bridgehead atoms. The van der Waals surface area contributed by atoms with Gasteiger partial charge in [-0.25, -0.2) is 10.9 Å². The quantitative estimate of drug-likeness (QED) is 0.177. The molecule has 0 atom stereocenters. The number of rotatable bonds is 6. The Morgan fingerprint density at radius 3 is 1.42 bits per heavy atom. The van der Waals surface area contributed by atoms with Crippen LogP contribution in [0.3, 0.4) is 0 Å². The highest BCUT2D eigenvalue weighted by Crippen LogP contribution is 2.35. The molecule has 5 aromatic rings. The fourth-order valence-electron chi connectivity index (χ4n) is 3.42. The van der Waals surface area contributed by atoms with Crippen LogP contribution in [0, 0.1) is 0 Å². The molecule has 10 heteroatoms. The summed E-state index contributed by atoms with van der Waals surface area (Å²) in [6.45, 7) is 0. The lowest BCUT2D eigenvalue weighted by Gasteiger charge is -1.99. The molecule has 0 fully saturated rings. The smallest absolute Gasteiger partial charge is 0.266 e. The average molecular weight is 551 g/mol. The molecule has 2 heterocycles. The molecule has 0 aliphatic heterocycles. The summed E-state index contributed by atoms with van der Waals surface area (Å²) in [5, 5.41) is 10.6. The van der Waals surface area contributed by atoms with E-state index in [9.17, 15) is 9.59 Å². The second-order valence-electron chi connectivity index (χ2n) is 7.55. The number of nitrogens with zero attached hydrogens (tertiary/aromatic N) is 2. The van der Waals surface area contributed by atoms with Gasteiger partial charge in [0.1, 0.15) is 9.75 Å². The highest BCUT2D eigenvalue weighted by Gasteiger charge is 2.17. The van der Waals surface area contributed by atoms with E-state index in [1.165, 1.54) is 35.1 Å². The number of thiophene rings is 2. The van der Waals surface area contributed by atoms with Gasteiger partial charge in [-0.1, -0.05) is 83.9 Å². The van der Waals surface area contributed by atoms with E-state index in [0.717, 1.165) is 31.3 Å². The van der Waals surface area contributed by atoms with Gasteiger partial charge in [0.15, 0.2) is 0 Å². The number of halogens is 2. The lowest BCUT2D eigenvalue weighted by molar-refractivity contribution is 0.0951. The Balaban J connectivity index is 1.17. The summed E-state index contributed by atoms with van der Waals surface area (Å²) < 4.78 is 1.88. The normalized spacial score (nSPS) is 11.6. The van der Waals surface area contributed by atoms with Crippen molar-refractivity contribution in [1.29, 1.82) is 0 Å². The van der Waals surface area contributed by atoms with Crippen LogP contribution >= 0.6 is 45.9 Å². The van der Waals surface area contributed by atoms with Crippen molar-refractivity contribution in [3.63, 3.8) is 0 Å². The molecule has 6 nitrogen and oxygen atoms in total. The molecule has 2 aromatic heterocycles. The highest BCUT2D eigenvalue weighted by molar-refractivity contribution is 7.22. The van der Waals surface area contributed by atoms with E-state index in [1.807, 2.05) is 72.8 Å². The maximum absolute atomic E-state index is 12.5. The van der Waals surface area contributed by atoms with Crippen molar-refractivity contribution in [1.82, 2.24) is 10.9 Å². The molecule has 0 saturated heterocycles. The van der Waals surface area contributed by atoms with Crippen LogP contribution in [0.25, 0.3) is 20.2 Å². The third-order valence-corrected chi connectivity index (χ3v) is 8.53. The number of nitrogens with one attached hydrogen (secondary N) is 2. The summed E-state index contributed by atoms with van der Waals surface area (Å²) in [5.74, 6) is -0.730. The Bertz CT molecular complexity index is 1530. The van der Waals surface area contributed by atoms with Crippen molar-refractivity contribution in [2.45, 2.75) is 0 Å². The van der Waals surface area contributed by atoms with Gasteiger partial charge in [0, 0.05) is 20.2 Å². The van der Waals surface area contributed by atoms with Gasteiger partial charge in [0.25, 0.3) is 11.8 Å². The van der Waals surface area contributed by atoms with Gasteiger partial charge in [-0.2, -0.15) is 10.2 Å². The first-order chi connectivity index (χ1) is 17.5. The molecule has 5 rings (SSSR count). The van der Waals surface area contributed by atoms with Gasteiger partial charge in [-0.15, -0.1) is 22.7 Å². The molecule has 3 aromatic carbocycles. The van der Waals surface area contributed by atoms with Crippen molar-refractivity contribution >= 4 is 90.3 Å². The number of hydrogen-bond donors (Lipinski definition) is 2. The zero-order valence-electron chi connectivity index (χ0n) is 18.4. The number of hydrogen-bond acceptors (Lipinski definition) is 6. The SMILES string of the molecule is O=C(N/N=C\c1ccc(/C=N\NC(=O)c2sc3ccccc3c2Cl)cc1)c1sc2ccccc2c1Cl. The Hall–Kier alpha value is -3.56. The molecule has 0 spiro atoms.